The predicted molar refractivity (Wildman–Crippen MR) is 72.2 cm³/mol. The van der Waals surface area contributed by atoms with Crippen molar-refractivity contribution in [3.63, 3.8) is 0 Å². The van der Waals surface area contributed by atoms with Crippen LogP contribution in [0.2, 0.25) is 0 Å². The van der Waals surface area contributed by atoms with E-state index in [1.165, 1.54) is 32.1 Å². The van der Waals surface area contributed by atoms with Gasteiger partial charge in [-0.15, -0.1) is 0 Å². The lowest BCUT2D eigenvalue weighted by atomic mass is 9.87. The third-order valence-electron chi connectivity index (χ3n) is 2.85. The van der Waals surface area contributed by atoms with E-state index in [9.17, 15) is 14.4 Å². The van der Waals surface area contributed by atoms with Gasteiger partial charge in [-0.25, -0.2) is 9.59 Å². The van der Waals surface area contributed by atoms with Crippen LogP contribution in [0.25, 0.3) is 0 Å². The summed E-state index contributed by atoms with van der Waals surface area (Å²) in [5.41, 5.74) is 0. The van der Waals surface area contributed by atoms with Crippen LogP contribution < -0.4 is 0 Å². The lowest BCUT2D eigenvalue weighted by molar-refractivity contribution is -0.144. The van der Waals surface area contributed by atoms with Crippen molar-refractivity contribution in [2.75, 3.05) is 6.61 Å². The van der Waals surface area contributed by atoms with Crippen LogP contribution in [-0.2, 0) is 19.1 Å². The van der Waals surface area contributed by atoms with Crippen molar-refractivity contribution in [1.82, 2.24) is 0 Å². The Hall–Kier alpha value is -1.85. The lowest BCUT2D eigenvalue weighted by Crippen LogP contribution is -2.14. The predicted octanol–water partition coefficient (Wildman–Crippen LogP) is 2.23. The zero-order chi connectivity index (χ0) is 15.4. The fourth-order valence-electron chi connectivity index (χ4n) is 1.99. The van der Waals surface area contributed by atoms with E-state index < -0.39 is 11.9 Å². The summed E-state index contributed by atoms with van der Waals surface area (Å²) in [6.45, 7) is 2.38. The van der Waals surface area contributed by atoms with Crippen molar-refractivity contribution in [1.29, 1.82) is 0 Å². The largest absolute Gasteiger partial charge is 0.478 e. The number of rotatable bonds is 5. The second-order valence-electron chi connectivity index (χ2n) is 4.52. The third-order valence-corrected chi connectivity index (χ3v) is 2.85. The van der Waals surface area contributed by atoms with E-state index in [0.29, 0.717) is 31.1 Å². The summed E-state index contributed by atoms with van der Waals surface area (Å²) in [6.07, 6.45) is 8.14. The second-order valence-corrected chi connectivity index (χ2v) is 4.52. The van der Waals surface area contributed by atoms with Crippen LogP contribution in [0.3, 0.4) is 0 Å². The lowest BCUT2D eigenvalue weighted by Gasteiger charge is -2.20. The molecule has 0 aliphatic heterocycles. The molecule has 114 valence electrons. The van der Waals surface area contributed by atoms with Crippen LogP contribution in [0.4, 0.5) is 0 Å². The smallest absolute Gasteiger partial charge is 0.328 e. The molecular formula is C14H22O6. The SMILES string of the molecule is CCOC(=O)CC1CCCCC1.O=C(O)/C=C/C(=O)O. The van der Waals surface area contributed by atoms with Crippen molar-refractivity contribution in [2.24, 2.45) is 5.92 Å². The molecule has 0 spiro atoms. The highest BCUT2D eigenvalue weighted by molar-refractivity contribution is 5.89. The van der Waals surface area contributed by atoms with Gasteiger partial charge in [0.2, 0.25) is 0 Å². The molecule has 20 heavy (non-hydrogen) atoms. The number of hydrogen-bond donors (Lipinski definition) is 2. The van der Waals surface area contributed by atoms with E-state index in [0.717, 1.165) is 0 Å². The molecule has 1 aliphatic rings. The van der Waals surface area contributed by atoms with Crippen molar-refractivity contribution in [2.45, 2.75) is 45.4 Å². The fourth-order valence-corrected chi connectivity index (χ4v) is 1.99. The minimum Gasteiger partial charge on any atom is -0.478 e. The number of carbonyl (C=O) groups excluding carboxylic acids is 1. The van der Waals surface area contributed by atoms with Crippen LogP contribution in [0.5, 0.6) is 0 Å². The van der Waals surface area contributed by atoms with Gasteiger partial charge in [0.1, 0.15) is 0 Å². The summed E-state index contributed by atoms with van der Waals surface area (Å²) < 4.78 is 4.91. The Morgan fingerprint density at radius 1 is 1.05 bits per heavy atom. The van der Waals surface area contributed by atoms with Crippen LogP contribution >= 0.6 is 0 Å². The highest BCUT2D eigenvalue weighted by Crippen LogP contribution is 2.26. The standard InChI is InChI=1S/C10H18O2.C4H4O4/c1-2-12-10(11)8-9-6-4-3-5-7-9;5-3(6)1-2-4(7)8/h9H,2-8H2,1H3;1-2H,(H,5,6)(H,7,8)/b;2-1+. The Balaban J connectivity index is 0.000000396. The van der Waals surface area contributed by atoms with Gasteiger partial charge >= 0.3 is 17.9 Å². The van der Waals surface area contributed by atoms with Crippen molar-refractivity contribution in [3.8, 4) is 0 Å². The van der Waals surface area contributed by atoms with Gasteiger partial charge in [0, 0.05) is 18.6 Å². The monoisotopic (exact) mass is 286 g/mol. The van der Waals surface area contributed by atoms with Crippen LogP contribution in [-0.4, -0.2) is 34.7 Å². The van der Waals surface area contributed by atoms with Crippen molar-refractivity contribution >= 4 is 17.9 Å². The van der Waals surface area contributed by atoms with Gasteiger partial charge in [0.25, 0.3) is 0 Å². The minimum absolute atomic E-state index is 0.00981. The molecule has 1 aliphatic carbocycles. The molecule has 2 N–H and O–H groups in total. The number of hydrogen-bond acceptors (Lipinski definition) is 4. The molecule has 0 aromatic carbocycles. The van der Waals surface area contributed by atoms with E-state index in [-0.39, 0.29) is 5.97 Å². The molecule has 0 amide bonds. The highest BCUT2D eigenvalue weighted by Gasteiger charge is 2.17. The summed E-state index contributed by atoms with van der Waals surface area (Å²) >= 11 is 0. The zero-order valence-corrected chi connectivity index (χ0v) is 11.7. The van der Waals surface area contributed by atoms with E-state index in [1.807, 2.05) is 6.92 Å². The van der Waals surface area contributed by atoms with E-state index >= 15 is 0 Å². The van der Waals surface area contributed by atoms with Crippen LogP contribution in [0.1, 0.15) is 45.4 Å². The number of carboxylic acid groups (broad SMARTS) is 2. The van der Waals surface area contributed by atoms with E-state index in [4.69, 9.17) is 14.9 Å². The highest BCUT2D eigenvalue weighted by atomic mass is 16.5. The van der Waals surface area contributed by atoms with Crippen LogP contribution in [0, 0.1) is 5.92 Å². The first kappa shape index (κ1) is 18.1. The molecule has 0 aromatic heterocycles. The average molecular weight is 286 g/mol. The molecule has 1 rings (SSSR count). The molecule has 0 radical (unpaired) electrons. The van der Waals surface area contributed by atoms with Crippen molar-refractivity contribution < 1.29 is 29.3 Å². The van der Waals surface area contributed by atoms with E-state index in [1.54, 1.807) is 0 Å². The molecule has 6 heteroatoms. The Labute approximate surface area is 118 Å². The Morgan fingerprint density at radius 2 is 1.55 bits per heavy atom. The van der Waals surface area contributed by atoms with Gasteiger partial charge in [-0.3, -0.25) is 4.79 Å². The maximum Gasteiger partial charge on any atom is 0.328 e. The van der Waals surface area contributed by atoms with Gasteiger partial charge in [-0.2, -0.15) is 0 Å². The Kier molecular flexibility index (Phi) is 10.00. The molecule has 1 saturated carbocycles. The first-order valence-corrected chi connectivity index (χ1v) is 6.75. The molecule has 0 heterocycles. The summed E-state index contributed by atoms with van der Waals surface area (Å²) in [6, 6.07) is 0. The molecule has 1 fully saturated rings. The first-order chi connectivity index (χ1) is 9.45. The Bertz CT molecular complexity index is 326. The quantitative estimate of drug-likeness (QED) is 0.593. The summed E-state index contributed by atoms with van der Waals surface area (Å²) in [4.78, 5) is 30.2. The van der Waals surface area contributed by atoms with Crippen LogP contribution in [0.15, 0.2) is 12.2 Å². The fraction of sp³-hybridized carbons (Fsp3) is 0.643. The average Bonchev–Trinajstić information content (AvgIpc) is 2.38. The molecule has 6 nitrogen and oxygen atoms in total. The van der Waals surface area contributed by atoms with Gasteiger partial charge in [0.05, 0.1) is 6.61 Å². The summed E-state index contributed by atoms with van der Waals surface area (Å²) in [5, 5.41) is 15.6. The maximum absolute atomic E-state index is 11.1. The molecule has 0 bridgehead atoms. The summed E-state index contributed by atoms with van der Waals surface area (Å²) in [7, 11) is 0. The van der Waals surface area contributed by atoms with Gasteiger partial charge in [0.15, 0.2) is 0 Å². The normalized spacial score (nSPS) is 15.2. The van der Waals surface area contributed by atoms with Gasteiger partial charge < -0.3 is 14.9 Å². The number of carboxylic acids is 2. The second kappa shape index (κ2) is 11.0. The molecule has 0 saturated heterocycles. The maximum atomic E-state index is 11.1. The molecule has 0 unspecified atom stereocenters. The molecule has 0 aromatic rings. The number of esters is 1. The first-order valence-electron chi connectivity index (χ1n) is 6.75. The molecule has 0 atom stereocenters. The number of carbonyl (C=O) groups is 3. The summed E-state index contributed by atoms with van der Waals surface area (Å²) in [5.74, 6) is -1.91. The minimum atomic E-state index is -1.26. The zero-order valence-electron chi connectivity index (χ0n) is 11.7. The topological polar surface area (TPSA) is 101 Å². The van der Waals surface area contributed by atoms with Gasteiger partial charge in [-0.1, -0.05) is 19.3 Å². The van der Waals surface area contributed by atoms with E-state index in [2.05, 4.69) is 0 Å². The van der Waals surface area contributed by atoms with Gasteiger partial charge in [-0.05, 0) is 25.7 Å². The Morgan fingerprint density at radius 3 is 1.95 bits per heavy atom. The third kappa shape index (κ3) is 11.3. The number of ether oxygens (including phenoxy) is 1. The van der Waals surface area contributed by atoms with Crippen molar-refractivity contribution in [3.05, 3.63) is 12.2 Å². The number of aliphatic carboxylic acids is 2. The molecular weight excluding hydrogens is 264 g/mol.